The standard InChI is InChI=1S/C22H20N4O2S4/c1-13-3-7-15(8-4-13)26-32(27,28)16-9-5-14(6-10-16)18-12-30-21(25-18)17-11-19(20(23)24)31-22(17)29-2/h3-12,26H,1-2H3,(H3,23,24). The van der Waals surface area contributed by atoms with Crippen LogP contribution in [0.25, 0.3) is 21.8 Å². The molecular weight excluding hydrogens is 481 g/mol. The van der Waals surface area contributed by atoms with E-state index in [-0.39, 0.29) is 10.7 Å². The first-order valence-corrected chi connectivity index (χ1v) is 13.9. The lowest BCUT2D eigenvalue weighted by Crippen LogP contribution is -2.12. The van der Waals surface area contributed by atoms with Crippen molar-refractivity contribution in [2.45, 2.75) is 16.0 Å². The minimum Gasteiger partial charge on any atom is -0.383 e. The maximum atomic E-state index is 12.7. The van der Waals surface area contributed by atoms with Gasteiger partial charge in [-0.1, -0.05) is 29.8 Å². The summed E-state index contributed by atoms with van der Waals surface area (Å²) >= 11 is 4.58. The fourth-order valence-corrected chi connectivity index (χ4v) is 6.75. The molecule has 0 aliphatic heterocycles. The first kappa shape index (κ1) is 22.5. The zero-order valence-corrected chi connectivity index (χ0v) is 20.5. The summed E-state index contributed by atoms with van der Waals surface area (Å²) < 4.78 is 29.1. The Balaban J connectivity index is 1.57. The average Bonchev–Trinajstić information content (AvgIpc) is 3.42. The van der Waals surface area contributed by atoms with Gasteiger partial charge in [0.05, 0.1) is 19.7 Å². The number of nitrogens with one attached hydrogen (secondary N) is 2. The first-order valence-electron chi connectivity index (χ1n) is 9.45. The van der Waals surface area contributed by atoms with Crippen LogP contribution < -0.4 is 10.5 Å². The monoisotopic (exact) mass is 500 g/mol. The molecule has 4 N–H and O–H groups in total. The van der Waals surface area contributed by atoms with Gasteiger partial charge < -0.3 is 5.73 Å². The van der Waals surface area contributed by atoms with E-state index in [9.17, 15) is 8.42 Å². The Kier molecular flexibility index (Phi) is 6.38. The summed E-state index contributed by atoms with van der Waals surface area (Å²) in [6.45, 7) is 1.95. The van der Waals surface area contributed by atoms with Gasteiger partial charge >= 0.3 is 0 Å². The predicted molar refractivity (Wildman–Crippen MR) is 136 cm³/mol. The van der Waals surface area contributed by atoms with Crippen molar-refractivity contribution in [3.05, 3.63) is 70.4 Å². The highest BCUT2D eigenvalue weighted by molar-refractivity contribution is 8.00. The van der Waals surface area contributed by atoms with Crippen LogP contribution in [0.5, 0.6) is 0 Å². The number of thioether (sulfide) groups is 1. The molecule has 6 nitrogen and oxygen atoms in total. The van der Waals surface area contributed by atoms with E-state index in [2.05, 4.69) is 4.72 Å². The molecule has 0 saturated heterocycles. The van der Waals surface area contributed by atoms with Crippen molar-refractivity contribution in [2.24, 2.45) is 5.73 Å². The Labute approximate surface area is 199 Å². The van der Waals surface area contributed by atoms with Crippen molar-refractivity contribution in [2.75, 3.05) is 11.0 Å². The van der Waals surface area contributed by atoms with Gasteiger partial charge in [0.2, 0.25) is 0 Å². The molecule has 32 heavy (non-hydrogen) atoms. The van der Waals surface area contributed by atoms with Gasteiger partial charge in [0, 0.05) is 22.2 Å². The van der Waals surface area contributed by atoms with E-state index in [0.717, 1.165) is 36.5 Å². The Morgan fingerprint density at radius 1 is 1.12 bits per heavy atom. The maximum Gasteiger partial charge on any atom is 0.261 e. The maximum absolute atomic E-state index is 12.7. The molecule has 0 aliphatic rings. The molecule has 164 valence electrons. The van der Waals surface area contributed by atoms with Crippen LogP contribution in [0.2, 0.25) is 0 Å². The fourth-order valence-electron chi connectivity index (χ4n) is 2.98. The van der Waals surface area contributed by atoms with Crippen LogP contribution in [-0.2, 0) is 10.0 Å². The van der Waals surface area contributed by atoms with Crippen LogP contribution in [0, 0.1) is 12.3 Å². The first-order chi connectivity index (χ1) is 15.3. The number of rotatable bonds is 7. The topological polar surface area (TPSA) is 109 Å². The highest BCUT2D eigenvalue weighted by atomic mass is 32.2. The third-order valence-electron chi connectivity index (χ3n) is 4.65. The number of thiazole rings is 1. The minimum atomic E-state index is -3.68. The summed E-state index contributed by atoms with van der Waals surface area (Å²) in [5.74, 6) is 0.0457. The number of aryl methyl sites for hydroxylation is 1. The molecule has 0 saturated carbocycles. The van der Waals surface area contributed by atoms with Crippen LogP contribution in [0.15, 0.2) is 69.1 Å². The minimum absolute atomic E-state index is 0.0457. The van der Waals surface area contributed by atoms with Gasteiger partial charge in [-0.05, 0) is 43.5 Å². The number of nitrogen functional groups attached to an aromatic ring is 1. The smallest absolute Gasteiger partial charge is 0.261 e. The average molecular weight is 501 g/mol. The highest BCUT2D eigenvalue weighted by Gasteiger charge is 2.17. The van der Waals surface area contributed by atoms with Crippen molar-refractivity contribution < 1.29 is 8.42 Å². The lowest BCUT2D eigenvalue weighted by molar-refractivity contribution is 0.601. The van der Waals surface area contributed by atoms with E-state index in [4.69, 9.17) is 16.1 Å². The van der Waals surface area contributed by atoms with Crippen LogP contribution in [-0.4, -0.2) is 25.5 Å². The van der Waals surface area contributed by atoms with Crippen LogP contribution in [0.1, 0.15) is 10.4 Å². The lowest BCUT2D eigenvalue weighted by atomic mass is 10.2. The molecule has 0 spiro atoms. The van der Waals surface area contributed by atoms with E-state index < -0.39 is 10.0 Å². The summed E-state index contributed by atoms with van der Waals surface area (Å²) in [5, 5.41) is 10.5. The summed E-state index contributed by atoms with van der Waals surface area (Å²) in [6, 6.07) is 15.8. The number of anilines is 1. The second kappa shape index (κ2) is 9.07. The number of sulfonamides is 1. The van der Waals surface area contributed by atoms with E-state index in [1.807, 2.05) is 36.8 Å². The van der Waals surface area contributed by atoms with Crippen molar-refractivity contribution in [3.63, 3.8) is 0 Å². The molecule has 4 rings (SSSR count). The van der Waals surface area contributed by atoms with Gasteiger partial charge in [-0.3, -0.25) is 10.1 Å². The molecular formula is C22H20N4O2S4. The Morgan fingerprint density at radius 2 is 1.81 bits per heavy atom. The van der Waals surface area contributed by atoms with Crippen LogP contribution in [0.4, 0.5) is 5.69 Å². The molecule has 2 aromatic heterocycles. The van der Waals surface area contributed by atoms with Crippen molar-refractivity contribution in [3.8, 4) is 21.8 Å². The van der Waals surface area contributed by atoms with Crippen LogP contribution >= 0.6 is 34.4 Å². The third kappa shape index (κ3) is 4.73. The molecule has 0 unspecified atom stereocenters. The third-order valence-corrected chi connectivity index (χ3v) is 9.22. The summed E-state index contributed by atoms with van der Waals surface area (Å²) in [6.07, 6.45) is 1.98. The largest absolute Gasteiger partial charge is 0.383 e. The summed E-state index contributed by atoms with van der Waals surface area (Å²) in [5.41, 5.74) is 9.78. The molecule has 0 bridgehead atoms. The Morgan fingerprint density at radius 3 is 2.44 bits per heavy atom. The Bertz CT molecular complexity index is 1370. The number of hydrogen-bond donors (Lipinski definition) is 3. The van der Waals surface area contributed by atoms with Crippen LogP contribution in [0.3, 0.4) is 0 Å². The predicted octanol–water partition coefficient (Wildman–Crippen LogP) is 5.65. The number of hydrogen-bond acceptors (Lipinski definition) is 7. The van der Waals surface area contributed by atoms with Crippen molar-refractivity contribution >= 4 is 56.0 Å². The number of aromatic nitrogens is 1. The normalized spacial score (nSPS) is 11.4. The molecule has 0 radical (unpaired) electrons. The summed E-state index contributed by atoms with van der Waals surface area (Å²) in [4.78, 5) is 5.64. The molecule has 0 fully saturated rings. The quantitative estimate of drug-likeness (QED) is 0.172. The molecule has 0 amide bonds. The van der Waals surface area contributed by atoms with E-state index in [1.54, 1.807) is 48.2 Å². The molecule has 0 aliphatic carbocycles. The molecule has 2 aromatic carbocycles. The van der Waals surface area contributed by atoms with E-state index in [1.165, 1.54) is 22.7 Å². The highest BCUT2D eigenvalue weighted by Crippen LogP contribution is 2.40. The second-order valence-corrected chi connectivity index (χ2v) is 11.6. The molecule has 0 atom stereocenters. The number of benzene rings is 2. The number of nitrogens with zero attached hydrogens (tertiary/aromatic N) is 1. The number of thiophene rings is 1. The number of nitrogens with two attached hydrogens (primary N) is 1. The van der Waals surface area contributed by atoms with Gasteiger partial charge in [0.25, 0.3) is 10.0 Å². The zero-order chi connectivity index (χ0) is 22.9. The van der Waals surface area contributed by atoms with Gasteiger partial charge in [-0.2, -0.15) is 0 Å². The lowest BCUT2D eigenvalue weighted by Gasteiger charge is -2.09. The SMILES string of the molecule is CSc1sc(C(=N)N)cc1-c1nc(-c2ccc(S(=O)(=O)Nc3ccc(C)cc3)cc2)cs1. The summed E-state index contributed by atoms with van der Waals surface area (Å²) in [7, 11) is -3.68. The molecule has 10 heteroatoms. The molecule has 2 heterocycles. The fraction of sp³-hybridized carbons (Fsp3) is 0.0909. The molecule has 4 aromatic rings. The van der Waals surface area contributed by atoms with Gasteiger partial charge in [-0.25, -0.2) is 13.4 Å². The van der Waals surface area contributed by atoms with Crippen molar-refractivity contribution in [1.29, 1.82) is 5.41 Å². The van der Waals surface area contributed by atoms with Crippen molar-refractivity contribution in [1.82, 2.24) is 4.98 Å². The zero-order valence-electron chi connectivity index (χ0n) is 17.2. The number of amidine groups is 1. The van der Waals surface area contributed by atoms with Gasteiger partial charge in [0.1, 0.15) is 10.8 Å². The Hall–Kier alpha value is -2.66. The van der Waals surface area contributed by atoms with E-state index in [0.29, 0.717) is 5.69 Å². The van der Waals surface area contributed by atoms with Gasteiger partial charge in [-0.15, -0.1) is 34.4 Å². The van der Waals surface area contributed by atoms with Gasteiger partial charge in [0.15, 0.2) is 0 Å². The van der Waals surface area contributed by atoms with E-state index >= 15 is 0 Å². The second-order valence-electron chi connectivity index (χ2n) is 6.96.